The van der Waals surface area contributed by atoms with Crippen molar-refractivity contribution in [2.75, 3.05) is 13.2 Å². The van der Waals surface area contributed by atoms with Crippen molar-refractivity contribution in [1.82, 2.24) is 5.01 Å². The molecule has 1 saturated heterocycles. The number of hydrogen-bond acceptors (Lipinski definition) is 4. The third-order valence-corrected chi connectivity index (χ3v) is 11.5. The van der Waals surface area contributed by atoms with E-state index >= 15 is 0 Å². The maximum Gasteiger partial charge on any atom is 0.430 e. The standard InChI is InChI=1S/C25H38N2O3Si/c1-25(2,3)31(4,5)30-18-22-14-10-9-13-21(22)15-16-26-27-23(19-29-24(27)28)17-20-11-7-6-8-12-20/h6-12,16,21-23H,13-15,17-19H2,1-5H3/b26-16+/t21-,22-,23-/m1/s1. The predicted octanol–water partition coefficient (Wildman–Crippen LogP) is 6.03. The molecule has 0 spiro atoms. The number of ether oxygens (including phenoxy) is 1. The Morgan fingerprint density at radius 3 is 2.52 bits per heavy atom. The molecule has 31 heavy (non-hydrogen) atoms. The molecule has 0 unspecified atom stereocenters. The van der Waals surface area contributed by atoms with Crippen LogP contribution in [-0.4, -0.2) is 44.9 Å². The first-order valence-electron chi connectivity index (χ1n) is 11.5. The van der Waals surface area contributed by atoms with Crippen molar-refractivity contribution >= 4 is 20.6 Å². The van der Waals surface area contributed by atoms with E-state index in [0.717, 1.165) is 32.3 Å². The first-order valence-corrected chi connectivity index (χ1v) is 14.4. The summed E-state index contributed by atoms with van der Waals surface area (Å²) in [6, 6.07) is 10.1. The lowest BCUT2D eigenvalue weighted by molar-refractivity contribution is 0.158. The lowest BCUT2D eigenvalue weighted by Gasteiger charge is -2.38. The monoisotopic (exact) mass is 442 g/mol. The summed E-state index contributed by atoms with van der Waals surface area (Å²) in [5, 5.41) is 6.28. The Morgan fingerprint density at radius 2 is 1.84 bits per heavy atom. The topological polar surface area (TPSA) is 51.1 Å². The molecule has 0 bridgehead atoms. The quantitative estimate of drug-likeness (QED) is 0.281. The number of nitrogens with zero attached hydrogens (tertiary/aromatic N) is 2. The molecule has 0 N–H and O–H groups in total. The van der Waals surface area contributed by atoms with Gasteiger partial charge in [-0.2, -0.15) is 10.1 Å². The summed E-state index contributed by atoms with van der Waals surface area (Å²) in [6.45, 7) is 12.7. The minimum Gasteiger partial charge on any atom is -0.446 e. The Hall–Kier alpha value is -1.92. The Kier molecular flexibility index (Phi) is 7.76. The van der Waals surface area contributed by atoms with Gasteiger partial charge in [0, 0.05) is 12.8 Å². The van der Waals surface area contributed by atoms with Gasteiger partial charge in [0.05, 0.1) is 6.04 Å². The second kappa shape index (κ2) is 10.1. The molecule has 0 radical (unpaired) electrons. The number of hydrazone groups is 1. The highest BCUT2D eigenvalue weighted by Crippen LogP contribution is 2.38. The summed E-state index contributed by atoms with van der Waals surface area (Å²) in [5.41, 5.74) is 1.19. The minimum atomic E-state index is -1.75. The third kappa shape index (κ3) is 6.29. The zero-order chi connectivity index (χ0) is 22.5. The molecule has 1 fully saturated rings. The fourth-order valence-corrected chi connectivity index (χ4v) is 4.91. The number of rotatable bonds is 8. The zero-order valence-electron chi connectivity index (χ0n) is 19.7. The number of allylic oxidation sites excluding steroid dienone is 2. The summed E-state index contributed by atoms with van der Waals surface area (Å²) >= 11 is 0. The van der Waals surface area contributed by atoms with Crippen LogP contribution in [0.25, 0.3) is 0 Å². The molecule has 1 aliphatic carbocycles. The fraction of sp³-hybridized carbons (Fsp3) is 0.600. The van der Waals surface area contributed by atoms with Crippen LogP contribution < -0.4 is 0 Å². The first kappa shape index (κ1) is 23.7. The average Bonchev–Trinajstić information content (AvgIpc) is 3.06. The van der Waals surface area contributed by atoms with Gasteiger partial charge >= 0.3 is 6.09 Å². The Morgan fingerprint density at radius 1 is 1.16 bits per heavy atom. The van der Waals surface area contributed by atoms with E-state index in [1.54, 1.807) is 0 Å². The van der Waals surface area contributed by atoms with Crippen molar-refractivity contribution < 1.29 is 14.0 Å². The van der Waals surface area contributed by atoms with Crippen molar-refractivity contribution in [2.45, 2.75) is 70.6 Å². The van der Waals surface area contributed by atoms with E-state index in [1.807, 2.05) is 24.4 Å². The SMILES string of the molecule is CC(C)(C)[Si](C)(C)OC[C@H]1CC=CC[C@@H]1C/C=N/N1C(=O)OC[C@H]1Cc1ccccc1. The highest BCUT2D eigenvalue weighted by molar-refractivity contribution is 6.74. The summed E-state index contributed by atoms with van der Waals surface area (Å²) in [4.78, 5) is 12.2. The second-order valence-electron chi connectivity index (χ2n) is 10.3. The highest BCUT2D eigenvalue weighted by Gasteiger charge is 2.38. The van der Waals surface area contributed by atoms with Gasteiger partial charge in [-0.25, -0.2) is 4.79 Å². The van der Waals surface area contributed by atoms with Crippen LogP contribution in [0, 0.1) is 11.8 Å². The van der Waals surface area contributed by atoms with Gasteiger partial charge in [0.2, 0.25) is 0 Å². The molecule has 170 valence electrons. The predicted molar refractivity (Wildman–Crippen MR) is 129 cm³/mol. The molecule has 0 saturated carbocycles. The maximum atomic E-state index is 12.2. The first-order chi connectivity index (χ1) is 14.7. The molecule has 0 aromatic heterocycles. The van der Waals surface area contributed by atoms with E-state index in [0.29, 0.717) is 18.4 Å². The fourth-order valence-electron chi connectivity index (χ4n) is 3.85. The van der Waals surface area contributed by atoms with Gasteiger partial charge in [0.25, 0.3) is 0 Å². The normalized spacial score (nSPS) is 24.7. The largest absolute Gasteiger partial charge is 0.446 e. The minimum absolute atomic E-state index is 0.0462. The molecular formula is C25H38N2O3Si. The van der Waals surface area contributed by atoms with Gasteiger partial charge in [-0.3, -0.25) is 0 Å². The van der Waals surface area contributed by atoms with Gasteiger partial charge in [0.15, 0.2) is 8.32 Å². The van der Waals surface area contributed by atoms with Crippen molar-refractivity contribution in [2.24, 2.45) is 16.9 Å². The van der Waals surface area contributed by atoms with Gasteiger partial charge in [-0.05, 0) is 61.2 Å². The highest BCUT2D eigenvalue weighted by atomic mass is 28.4. The van der Waals surface area contributed by atoms with Crippen LogP contribution in [0.3, 0.4) is 0 Å². The number of cyclic esters (lactones) is 1. The van der Waals surface area contributed by atoms with Crippen molar-refractivity contribution in [3.05, 3.63) is 48.0 Å². The Balaban J connectivity index is 1.57. The lowest BCUT2D eigenvalue weighted by Crippen LogP contribution is -2.42. The van der Waals surface area contributed by atoms with Crippen molar-refractivity contribution in [3.63, 3.8) is 0 Å². The molecule has 2 aliphatic rings. The van der Waals surface area contributed by atoms with Gasteiger partial charge < -0.3 is 9.16 Å². The van der Waals surface area contributed by atoms with Crippen molar-refractivity contribution in [3.8, 4) is 0 Å². The molecule has 5 nitrogen and oxygen atoms in total. The van der Waals surface area contributed by atoms with E-state index in [1.165, 1.54) is 10.6 Å². The van der Waals surface area contributed by atoms with Crippen LogP contribution in [0.15, 0.2) is 47.6 Å². The zero-order valence-corrected chi connectivity index (χ0v) is 20.7. The summed E-state index contributed by atoms with van der Waals surface area (Å²) in [6.07, 6.45) is 9.79. The van der Waals surface area contributed by atoms with Crippen LogP contribution in [0.5, 0.6) is 0 Å². The molecule has 3 atom stereocenters. The van der Waals surface area contributed by atoms with Crippen LogP contribution >= 0.6 is 0 Å². The number of carbonyl (C=O) groups excluding carboxylic acids is 1. The number of benzene rings is 1. The van der Waals surface area contributed by atoms with Crippen molar-refractivity contribution in [1.29, 1.82) is 0 Å². The number of hydrogen-bond donors (Lipinski definition) is 0. The van der Waals surface area contributed by atoms with Gasteiger partial charge in [-0.15, -0.1) is 0 Å². The molecule has 1 amide bonds. The van der Waals surface area contributed by atoms with Gasteiger partial charge in [-0.1, -0.05) is 63.3 Å². The molecule has 1 aromatic rings. The smallest absolute Gasteiger partial charge is 0.430 e. The van der Waals surface area contributed by atoms with E-state index in [9.17, 15) is 4.79 Å². The maximum absolute atomic E-state index is 12.2. The van der Waals surface area contributed by atoms with Gasteiger partial charge in [0.1, 0.15) is 6.61 Å². The number of carbonyl (C=O) groups is 1. The third-order valence-electron chi connectivity index (χ3n) is 7.04. The molecule has 1 heterocycles. The van der Waals surface area contributed by atoms with Crippen LogP contribution in [-0.2, 0) is 15.6 Å². The second-order valence-corrected chi connectivity index (χ2v) is 15.1. The molecular weight excluding hydrogens is 404 g/mol. The molecule has 6 heteroatoms. The van der Waals surface area contributed by atoms with Crippen LogP contribution in [0.4, 0.5) is 4.79 Å². The summed E-state index contributed by atoms with van der Waals surface area (Å²) < 4.78 is 11.8. The Labute approximate surface area is 188 Å². The Bertz CT molecular complexity index is 786. The molecule has 1 aliphatic heterocycles. The molecule has 1 aromatic carbocycles. The van der Waals surface area contributed by atoms with E-state index in [2.05, 4.69) is 63.3 Å². The molecule has 3 rings (SSSR count). The lowest BCUT2D eigenvalue weighted by atomic mass is 9.82. The van der Waals surface area contributed by atoms with E-state index < -0.39 is 8.32 Å². The van der Waals surface area contributed by atoms with E-state index in [-0.39, 0.29) is 17.2 Å². The van der Waals surface area contributed by atoms with E-state index in [4.69, 9.17) is 9.16 Å². The summed E-state index contributed by atoms with van der Waals surface area (Å²) in [7, 11) is -1.75. The van der Waals surface area contributed by atoms with Crippen LogP contribution in [0.1, 0.15) is 45.6 Å². The van der Waals surface area contributed by atoms with Crippen LogP contribution in [0.2, 0.25) is 18.1 Å². The average molecular weight is 443 g/mol. The number of amides is 1. The summed E-state index contributed by atoms with van der Waals surface area (Å²) in [5.74, 6) is 0.987.